The van der Waals surface area contributed by atoms with Gasteiger partial charge in [0.15, 0.2) is 0 Å². The SMILES string of the molecule is CC(=O)N[C@H]1CCC2(CCN(CCC3CC45CC4CCC35)CC2)c2ccccc21.[HH]. The molecule has 5 atom stereocenters. The zero-order valence-corrected chi connectivity index (χ0v) is 18.0. The summed E-state index contributed by atoms with van der Waals surface area (Å²) < 4.78 is 0. The Balaban J connectivity index is 0.00000193. The second-order valence-electron chi connectivity index (χ2n) is 11.1. The lowest BCUT2D eigenvalue weighted by atomic mass is 9.61. The van der Waals surface area contributed by atoms with Crippen molar-refractivity contribution >= 4 is 5.91 Å². The van der Waals surface area contributed by atoms with E-state index in [0.29, 0.717) is 5.41 Å². The molecule has 6 rings (SSSR count). The van der Waals surface area contributed by atoms with Gasteiger partial charge >= 0.3 is 0 Å². The predicted octanol–water partition coefficient (Wildman–Crippen LogP) is 5.06. The van der Waals surface area contributed by atoms with Crippen molar-refractivity contribution in [2.24, 2.45) is 23.2 Å². The molecule has 1 saturated heterocycles. The van der Waals surface area contributed by atoms with Gasteiger partial charge < -0.3 is 10.2 Å². The van der Waals surface area contributed by atoms with E-state index in [1.165, 1.54) is 56.4 Å². The molecule has 0 aromatic heterocycles. The third-order valence-corrected chi connectivity index (χ3v) is 9.88. The molecule has 1 aromatic rings. The lowest BCUT2D eigenvalue weighted by Crippen LogP contribution is -2.47. The molecule has 4 fully saturated rings. The van der Waals surface area contributed by atoms with E-state index in [1.54, 1.807) is 32.6 Å². The van der Waals surface area contributed by atoms with Crippen LogP contribution >= 0.6 is 0 Å². The first-order valence-electron chi connectivity index (χ1n) is 12.2. The van der Waals surface area contributed by atoms with Crippen LogP contribution in [-0.4, -0.2) is 30.4 Å². The number of likely N-dealkylation sites (tertiary alicyclic amines) is 1. The first-order valence-corrected chi connectivity index (χ1v) is 12.2. The average molecular weight is 395 g/mol. The predicted molar refractivity (Wildman–Crippen MR) is 118 cm³/mol. The summed E-state index contributed by atoms with van der Waals surface area (Å²) in [6.07, 6.45) is 12.6. The van der Waals surface area contributed by atoms with Gasteiger partial charge in [-0.3, -0.25) is 4.79 Å². The number of benzene rings is 1. The van der Waals surface area contributed by atoms with Crippen molar-refractivity contribution in [2.75, 3.05) is 19.6 Å². The summed E-state index contributed by atoms with van der Waals surface area (Å²) in [5.74, 6) is 3.39. The fraction of sp³-hybridized carbons (Fsp3) is 0.731. The van der Waals surface area contributed by atoms with Crippen LogP contribution in [0.1, 0.15) is 83.3 Å². The number of rotatable bonds is 4. The molecule has 1 heterocycles. The van der Waals surface area contributed by atoms with E-state index in [9.17, 15) is 4.79 Å². The fourth-order valence-electron chi connectivity index (χ4n) is 8.25. The van der Waals surface area contributed by atoms with Crippen LogP contribution in [0.2, 0.25) is 0 Å². The maximum atomic E-state index is 11.7. The number of fused-ring (bicyclic) bond motifs is 2. The van der Waals surface area contributed by atoms with Gasteiger partial charge in [-0.25, -0.2) is 0 Å². The molecule has 3 heteroatoms. The number of nitrogens with one attached hydrogen (secondary N) is 1. The van der Waals surface area contributed by atoms with E-state index < -0.39 is 0 Å². The molecule has 0 bridgehead atoms. The summed E-state index contributed by atoms with van der Waals surface area (Å²) in [4.78, 5) is 14.4. The smallest absolute Gasteiger partial charge is 0.217 e. The normalized spacial score (nSPS) is 39.2. The Morgan fingerprint density at radius 3 is 2.72 bits per heavy atom. The lowest BCUT2D eigenvalue weighted by molar-refractivity contribution is -0.119. The monoisotopic (exact) mass is 394 g/mol. The van der Waals surface area contributed by atoms with Crippen LogP contribution in [0.5, 0.6) is 0 Å². The number of nitrogens with zero attached hydrogens (tertiary/aromatic N) is 1. The van der Waals surface area contributed by atoms with Gasteiger partial charge in [0.1, 0.15) is 0 Å². The average Bonchev–Trinajstić information content (AvgIpc) is 3.38. The molecule has 3 saturated carbocycles. The Morgan fingerprint density at radius 1 is 1.14 bits per heavy atom. The Kier molecular flexibility index (Phi) is 4.18. The number of piperidine rings is 1. The largest absolute Gasteiger partial charge is 0.350 e. The maximum absolute atomic E-state index is 11.7. The zero-order valence-electron chi connectivity index (χ0n) is 18.0. The Labute approximate surface area is 177 Å². The molecule has 0 radical (unpaired) electrons. The van der Waals surface area contributed by atoms with E-state index in [4.69, 9.17) is 0 Å². The van der Waals surface area contributed by atoms with Crippen molar-refractivity contribution in [3.63, 3.8) is 0 Å². The quantitative estimate of drug-likeness (QED) is 0.774. The number of carbonyl (C=O) groups is 1. The summed E-state index contributed by atoms with van der Waals surface area (Å²) in [7, 11) is 0. The molecule has 29 heavy (non-hydrogen) atoms. The molecule has 1 aromatic carbocycles. The van der Waals surface area contributed by atoms with Crippen molar-refractivity contribution in [2.45, 2.75) is 76.2 Å². The highest BCUT2D eigenvalue weighted by Crippen LogP contribution is 2.78. The van der Waals surface area contributed by atoms with Gasteiger partial charge in [0.25, 0.3) is 0 Å². The van der Waals surface area contributed by atoms with Gasteiger partial charge in [0.05, 0.1) is 6.04 Å². The topological polar surface area (TPSA) is 32.3 Å². The summed E-state index contributed by atoms with van der Waals surface area (Å²) in [5, 5.41) is 3.19. The second-order valence-corrected chi connectivity index (χ2v) is 11.1. The molecule has 1 amide bonds. The first-order chi connectivity index (χ1) is 14.1. The Hall–Kier alpha value is -1.35. The van der Waals surface area contributed by atoms with Crippen molar-refractivity contribution < 1.29 is 6.22 Å². The molecule has 5 aliphatic rings. The minimum atomic E-state index is 0. The van der Waals surface area contributed by atoms with E-state index in [-0.39, 0.29) is 13.4 Å². The molecule has 3 nitrogen and oxygen atoms in total. The number of carbonyl (C=O) groups excluding carboxylic acids is 1. The molecule has 1 aliphatic heterocycles. The van der Waals surface area contributed by atoms with Gasteiger partial charge in [-0.1, -0.05) is 24.3 Å². The van der Waals surface area contributed by atoms with Gasteiger partial charge in [-0.05, 0) is 117 Å². The molecular formula is C26H38N2O. The Bertz CT molecular complexity index is 815. The van der Waals surface area contributed by atoms with Crippen molar-refractivity contribution in [3.05, 3.63) is 35.4 Å². The van der Waals surface area contributed by atoms with E-state index >= 15 is 0 Å². The van der Waals surface area contributed by atoms with Crippen molar-refractivity contribution in [3.8, 4) is 0 Å². The molecule has 2 spiro atoms. The lowest BCUT2D eigenvalue weighted by Gasteiger charge is -2.48. The number of hydrogen-bond acceptors (Lipinski definition) is 2. The standard InChI is InChI=1S/C26H36N2O.H2/c1-18(29)27-24-8-10-25(23-5-3-2-4-21(23)24)11-14-28(15-12-25)13-9-19-16-26-17-20(26)6-7-22(19)26;/h2-5,19-20,22,24H,6-17H2,1H3,(H,27,29);1H/t19?,20?,22?,24-,26?;/m0./s1. The Morgan fingerprint density at radius 2 is 1.97 bits per heavy atom. The van der Waals surface area contributed by atoms with Gasteiger partial charge in [-0.2, -0.15) is 0 Å². The molecular weight excluding hydrogens is 356 g/mol. The van der Waals surface area contributed by atoms with Crippen LogP contribution in [0.3, 0.4) is 0 Å². The van der Waals surface area contributed by atoms with Gasteiger partial charge in [0.2, 0.25) is 5.91 Å². The minimum Gasteiger partial charge on any atom is -0.350 e. The van der Waals surface area contributed by atoms with Crippen LogP contribution in [0, 0.1) is 23.2 Å². The highest BCUT2D eigenvalue weighted by Gasteiger charge is 2.70. The van der Waals surface area contributed by atoms with Crippen LogP contribution in [-0.2, 0) is 10.2 Å². The third-order valence-electron chi connectivity index (χ3n) is 9.88. The molecule has 4 aliphatic carbocycles. The summed E-state index contributed by atoms with van der Waals surface area (Å²) >= 11 is 0. The van der Waals surface area contributed by atoms with Crippen molar-refractivity contribution in [1.82, 2.24) is 10.2 Å². The second kappa shape index (κ2) is 6.57. The fourth-order valence-corrected chi connectivity index (χ4v) is 8.25. The van der Waals surface area contributed by atoms with Crippen LogP contribution in [0.4, 0.5) is 0 Å². The van der Waals surface area contributed by atoms with Gasteiger partial charge in [0, 0.05) is 8.35 Å². The first kappa shape index (κ1) is 18.4. The number of amides is 1. The minimum absolute atomic E-state index is 0. The van der Waals surface area contributed by atoms with E-state index in [2.05, 4.69) is 34.5 Å². The molecule has 4 unspecified atom stereocenters. The molecule has 1 N–H and O–H groups in total. The molecule has 158 valence electrons. The summed E-state index contributed by atoms with van der Waals surface area (Å²) in [6, 6.07) is 9.14. The summed E-state index contributed by atoms with van der Waals surface area (Å²) in [5.41, 5.74) is 4.13. The maximum Gasteiger partial charge on any atom is 0.217 e. The van der Waals surface area contributed by atoms with Crippen LogP contribution in [0.25, 0.3) is 0 Å². The van der Waals surface area contributed by atoms with Crippen molar-refractivity contribution in [1.29, 1.82) is 0 Å². The van der Waals surface area contributed by atoms with E-state index in [1.807, 2.05) is 0 Å². The zero-order chi connectivity index (χ0) is 19.6. The summed E-state index contributed by atoms with van der Waals surface area (Å²) in [6.45, 7) is 5.48. The number of hydrogen-bond donors (Lipinski definition) is 1. The van der Waals surface area contributed by atoms with Crippen LogP contribution < -0.4 is 5.32 Å². The highest BCUT2D eigenvalue weighted by molar-refractivity contribution is 5.73. The van der Waals surface area contributed by atoms with E-state index in [0.717, 1.165) is 29.6 Å². The third kappa shape index (κ3) is 2.83. The van der Waals surface area contributed by atoms with Crippen LogP contribution in [0.15, 0.2) is 24.3 Å². The van der Waals surface area contributed by atoms with Gasteiger partial charge in [-0.15, -0.1) is 0 Å². The highest BCUT2D eigenvalue weighted by atomic mass is 16.1.